The van der Waals surface area contributed by atoms with Crippen LogP contribution in [0.1, 0.15) is 24.4 Å². The molecule has 2 amide bonds. The summed E-state index contributed by atoms with van der Waals surface area (Å²) in [6, 6.07) is 2.88. The molecular weight excluding hydrogens is 292 g/mol. The molecule has 2 aliphatic heterocycles. The number of piperidine rings is 1. The number of anilines is 2. The normalized spacial score (nSPS) is 24.7. The predicted molar refractivity (Wildman–Crippen MR) is 81.1 cm³/mol. The van der Waals surface area contributed by atoms with E-state index < -0.39 is 6.04 Å². The van der Waals surface area contributed by atoms with E-state index in [9.17, 15) is 9.59 Å². The number of hydrogen-bond donors (Lipinski definition) is 3. The van der Waals surface area contributed by atoms with Gasteiger partial charge in [-0.15, -0.1) is 0 Å². The summed E-state index contributed by atoms with van der Waals surface area (Å²) in [5, 5.41) is 3.28. The Morgan fingerprint density at radius 3 is 2.90 bits per heavy atom. The van der Waals surface area contributed by atoms with Crippen molar-refractivity contribution in [3.8, 4) is 0 Å². The molecular formula is C14H17ClN4O2. The lowest BCUT2D eigenvalue weighted by Gasteiger charge is -2.33. The van der Waals surface area contributed by atoms with Crippen LogP contribution in [0.5, 0.6) is 0 Å². The van der Waals surface area contributed by atoms with Crippen LogP contribution in [-0.4, -0.2) is 24.9 Å². The van der Waals surface area contributed by atoms with Crippen LogP contribution in [0.3, 0.4) is 0 Å². The number of carbonyl (C=O) groups excluding carboxylic acids is 2. The maximum Gasteiger partial charge on any atom is 0.245 e. The Balaban J connectivity index is 1.91. The lowest BCUT2D eigenvalue weighted by Crippen LogP contribution is -2.41. The molecule has 1 aromatic rings. The molecule has 0 spiro atoms. The molecule has 5 N–H and O–H groups in total. The minimum Gasteiger partial charge on any atom is -0.369 e. The largest absolute Gasteiger partial charge is 0.369 e. The van der Waals surface area contributed by atoms with Gasteiger partial charge in [0, 0.05) is 24.3 Å². The lowest BCUT2D eigenvalue weighted by molar-refractivity contribution is -0.122. The molecule has 2 atom stereocenters. The van der Waals surface area contributed by atoms with Gasteiger partial charge in [0.25, 0.3) is 0 Å². The first-order valence-corrected chi connectivity index (χ1v) is 7.29. The van der Waals surface area contributed by atoms with Crippen molar-refractivity contribution in [2.24, 2.45) is 17.4 Å². The number of nitrogens with one attached hydrogen (secondary N) is 1. The van der Waals surface area contributed by atoms with Crippen molar-refractivity contribution in [3.05, 3.63) is 22.7 Å². The molecule has 0 aliphatic carbocycles. The summed E-state index contributed by atoms with van der Waals surface area (Å²) in [6.45, 7) is 1.36. The van der Waals surface area contributed by atoms with E-state index in [1.165, 1.54) is 0 Å². The summed E-state index contributed by atoms with van der Waals surface area (Å²) in [4.78, 5) is 25.0. The third-order valence-corrected chi connectivity index (χ3v) is 4.46. The van der Waals surface area contributed by atoms with Gasteiger partial charge in [0.2, 0.25) is 11.8 Å². The smallest absolute Gasteiger partial charge is 0.245 e. The second-order valence-corrected chi connectivity index (χ2v) is 5.95. The Hall–Kier alpha value is -1.79. The second-order valence-electron chi connectivity index (χ2n) is 5.55. The monoisotopic (exact) mass is 308 g/mol. The van der Waals surface area contributed by atoms with Crippen molar-refractivity contribution in [1.29, 1.82) is 0 Å². The highest BCUT2D eigenvalue weighted by atomic mass is 35.5. The number of nitrogens with zero attached hydrogens (tertiary/aromatic N) is 1. The summed E-state index contributed by atoms with van der Waals surface area (Å²) < 4.78 is 0. The van der Waals surface area contributed by atoms with Gasteiger partial charge in [0.15, 0.2) is 0 Å². The summed E-state index contributed by atoms with van der Waals surface area (Å²) in [6.07, 6.45) is 1.68. The maximum atomic E-state index is 11.6. The van der Waals surface area contributed by atoms with Crippen molar-refractivity contribution < 1.29 is 9.59 Å². The highest BCUT2D eigenvalue weighted by molar-refractivity contribution is 6.33. The molecule has 0 bridgehead atoms. The first kappa shape index (κ1) is 14.2. The zero-order chi connectivity index (χ0) is 15.1. The highest BCUT2D eigenvalue weighted by Crippen LogP contribution is 2.39. The van der Waals surface area contributed by atoms with E-state index in [4.69, 9.17) is 23.1 Å². The number of hydrogen-bond acceptors (Lipinski definition) is 4. The molecule has 6 nitrogen and oxygen atoms in total. The minimum absolute atomic E-state index is 0.167. The Bertz CT molecular complexity index is 619. The Kier molecular flexibility index (Phi) is 3.51. The van der Waals surface area contributed by atoms with Crippen molar-refractivity contribution >= 4 is 34.8 Å². The van der Waals surface area contributed by atoms with Crippen LogP contribution in [0.25, 0.3) is 0 Å². The standard InChI is InChI=1S/C14H17ClN4O2/c15-9-4-8-10(18-14(21)12(8)16)5-11(9)19-3-1-2-7(6-19)13(17)20/h4-5,7,12H,1-3,6,16H2,(H2,17,20)(H,18,21). The van der Waals surface area contributed by atoms with E-state index in [1.54, 1.807) is 6.07 Å². The number of halogens is 1. The molecule has 2 unspecified atom stereocenters. The minimum atomic E-state index is -0.675. The number of benzene rings is 1. The fourth-order valence-electron chi connectivity index (χ4n) is 2.97. The maximum absolute atomic E-state index is 11.6. The SMILES string of the molecule is NC(=O)C1CCCN(c2cc3c(cc2Cl)C(N)C(=O)N3)C1. The number of fused-ring (bicyclic) bond motifs is 1. The molecule has 1 fully saturated rings. The second kappa shape index (κ2) is 5.20. The Labute approximate surface area is 127 Å². The molecule has 1 saturated heterocycles. The molecule has 2 heterocycles. The molecule has 0 radical (unpaired) electrons. The summed E-state index contributed by atoms with van der Waals surface area (Å²) >= 11 is 6.33. The molecule has 0 saturated carbocycles. The average Bonchev–Trinajstić information content (AvgIpc) is 2.73. The van der Waals surface area contributed by atoms with Gasteiger partial charge in [-0.1, -0.05) is 11.6 Å². The molecule has 7 heteroatoms. The van der Waals surface area contributed by atoms with Gasteiger partial charge in [-0.25, -0.2) is 0 Å². The van der Waals surface area contributed by atoms with Crippen molar-refractivity contribution in [2.45, 2.75) is 18.9 Å². The van der Waals surface area contributed by atoms with Crippen molar-refractivity contribution in [1.82, 2.24) is 0 Å². The quantitative estimate of drug-likeness (QED) is 0.758. The van der Waals surface area contributed by atoms with Gasteiger partial charge in [-0.05, 0) is 25.0 Å². The fourth-order valence-corrected chi connectivity index (χ4v) is 3.26. The van der Waals surface area contributed by atoms with E-state index in [-0.39, 0.29) is 17.7 Å². The first-order valence-electron chi connectivity index (χ1n) is 6.91. The van der Waals surface area contributed by atoms with Crippen molar-refractivity contribution in [2.75, 3.05) is 23.3 Å². The summed E-state index contributed by atoms with van der Waals surface area (Å²) in [7, 11) is 0. The van der Waals surface area contributed by atoms with Gasteiger partial charge in [0.1, 0.15) is 6.04 Å². The summed E-state index contributed by atoms with van der Waals surface area (Å²) in [5.74, 6) is -0.681. The van der Waals surface area contributed by atoms with Crippen LogP contribution in [0.4, 0.5) is 11.4 Å². The first-order chi connectivity index (χ1) is 9.97. The summed E-state index contributed by atoms with van der Waals surface area (Å²) in [5.41, 5.74) is 13.4. The number of amides is 2. The lowest BCUT2D eigenvalue weighted by atomic mass is 9.96. The Morgan fingerprint density at radius 2 is 2.19 bits per heavy atom. The zero-order valence-electron chi connectivity index (χ0n) is 11.4. The van der Waals surface area contributed by atoms with Crippen LogP contribution in [0.2, 0.25) is 5.02 Å². The fraction of sp³-hybridized carbons (Fsp3) is 0.429. The molecule has 21 heavy (non-hydrogen) atoms. The Morgan fingerprint density at radius 1 is 1.43 bits per heavy atom. The number of rotatable bonds is 2. The van der Waals surface area contributed by atoms with E-state index >= 15 is 0 Å². The molecule has 1 aromatic carbocycles. The van der Waals surface area contributed by atoms with Crippen LogP contribution in [0, 0.1) is 5.92 Å². The third-order valence-electron chi connectivity index (χ3n) is 4.16. The topological polar surface area (TPSA) is 101 Å². The van der Waals surface area contributed by atoms with Gasteiger partial charge >= 0.3 is 0 Å². The number of primary amides is 1. The zero-order valence-corrected chi connectivity index (χ0v) is 12.2. The average molecular weight is 309 g/mol. The van der Waals surface area contributed by atoms with Gasteiger partial charge < -0.3 is 21.7 Å². The van der Waals surface area contributed by atoms with Crippen LogP contribution in [0.15, 0.2) is 12.1 Å². The van der Waals surface area contributed by atoms with Crippen molar-refractivity contribution in [3.63, 3.8) is 0 Å². The number of carbonyl (C=O) groups is 2. The van der Waals surface area contributed by atoms with Crippen LogP contribution < -0.4 is 21.7 Å². The van der Waals surface area contributed by atoms with Gasteiger partial charge in [-0.2, -0.15) is 0 Å². The van der Waals surface area contributed by atoms with E-state index in [1.807, 2.05) is 11.0 Å². The molecule has 112 valence electrons. The third kappa shape index (κ3) is 2.45. The number of nitrogens with two attached hydrogens (primary N) is 2. The van der Waals surface area contributed by atoms with Gasteiger partial charge in [-0.3, -0.25) is 9.59 Å². The van der Waals surface area contributed by atoms with Crippen LogP contribution >= 0.6 is 11.6 Å². The highest BCUT2D eigenvalue weighted by Gasteiger charge is 2.31. The van der Waals surface area contributed by atoms with Crippen LogP contribution in [-0.2, 0) is 9.59 Å². The molecule has 0 aromatic heterocycles. The molecule has 2 aliphatic rings. The predicted octanol–water partition coefficient (Wildman–Crippen LogP) is 0.994. The van der Waals surface area contributed by atoms with E-state index in [0.29, 0.717) is 22.8 Å². The van der Waals surface area contributed by atoms with E-state index in [2.05, 4.69) is 5.32 Å². The van der Waals surface area contributed by atoms with E-state index in [0.717, 1.165) is 25.1 Å². The molecule has 3 rings (SSSR count). The van der Waals surface area contributed by atoms with Gasteiger partial charge in [0.05, 0.1) is 16.6 Å².